The normalized spacial score (nSPS) is 15.0. The first-order valence-electron chi connectivity index (χ1n) is 3.84. The Morgan fingerprint density at radius 1 is 1.17 bits per heavy atom. The molecule has 0 bridgehead atoms. The lowest BCUT2D eigenvalue weighted by Crippen LogP contribution is -2.25. The largest absolute Gasteiger partial charge is 0.384 e. The highest BCUT2D eigenvalue weighted by Gasteiger charge is 2.15. The summed E-state index contributed by atoms with van der Waals surface area (Å²) in [5.41, 5.74) is 5.63. The summed E-state index contributed by atoms with van der Waals surface area (Å²) in [6, 6.07) is 3.56. The second-order valence-corrected chi connectivity index (χ2v) is 2.68. The summed E-state index contributed by atoms with van der Waals surface area (Å²) < 4.78 is 0. The number of hydrogen-bond acceptors (Lipinski definition) is 4. The van der Waals surface area contributed by atoms with Gasteiger partial charge in [0.15, 0.2) is 5.57 Å². The zero-order chi connectivity index (χ0) is 8.97. The molecule has 1 fully saturated rings. The third kappa shape index (κ3) is 1.49. The summed E-state index contributed by atoms with van der Waals surface area (Å²) >= 11 is 0. The average Bonchev–Trinajstić information content (AvgIpc) is 2.58. The van der Waals surface area contributed by atoms with Crippen LogP contribution in [0.25, 0.3) is 0 Å². The van der Waals surface area contributed by atoms with Crippen LogP contribution in [-0.4, -0.2) is 18.0 Å². The molecule has 1 rings (SSSR count). The van der Waals surface area contributed by atoms with Crippen molar-refractivity contribution in [2.45, 2.75) is 12.8 Å². The van der Waals surface area contributed by atoms with Crippen molar-refractivity contribution < 1.29 is 0 Å². The van der Waals surface area contributed by atoms with Gasteiger partial charge in [-0.15, -0.1) is 0 Å². The van der Waals surface area contributed by atoms with E-state index < -0.39 is 0 Å². The fourth-order valence-corrected chi connectivity index (χ4v) is 1.26. The maximum absolute atomic E-state index is 8.52. The van der Waals surface area contributed by atoms with Crippen LogP contribution in [0, 0.1) is 22.7 Å². The van der Waals surface area contributed by atoms with Crippen molar-refractivity contribution in [2.75, 3.05) is 13.1 Å². The molecule has 0 aliphatic carbocycles. The second kappa shape index (κ2) is 3.64. The highest BCUT2D eigenvalue weighted by molar-refractivity contribution is 5.38. The molecule has 1 aliphatic heterocycles. The zero-order valence-corrected chi connectivity index (χ0v) is 6.75. The van der Waals surface area contributed by atoms with Crippen LogP contribution in [0.15, 0.2) is 11.4 Å². The fraction of sp³-hybridized carbons (Fsp3) is 0.500. The monoisotopic (exact) mass is 162 g/mol. The van der Waals surface area contributed by atoms with Gasteiger partial charge in [0.25, 0.3) is 0 Å². The molecule has 0 atom stereocenters. The molecule has 1 aliphatic rings. The second-order valence-electron chi connectivity index (χ2n) is 2.68. The van der Waals surface area contributed by atoms with E-state index in [-0.39, 0.29) is 5.57 Å². The van der Waals surface area contributed by atoms with E-state index in [2.05, 4.69) is 0 Å². The van der Waals surface area contributed by atoms with E-state index >= 15 is 0 Å². The molecule has 0 spiro atoms. The molecular weight excluding hydrogens is 152 g/mol. The van der Waals surface area contributed by atoms with E-state index in [1.54, 1.807) is 12.1 Å². The van der Waals surface area contributed by atoms with E-state index in [4.69, 9.17) is 16.3 Å². The number of rotatable bonds is 1. The summed E-state index contributed by atoms with van der Waals surface area (Å²) in [5.74, 6) is 0.331. The van der Waals surface area contributed by atoms with Crippen LogP contribution in [0.2, 0.25) is 0 Å². The first-order chi connectivity index (χ1) is 5.79. The van der Waals surface area contributed by atoms with Gasteiger partial charge in [0.05, 0.1) is 0 Å². The topological polar surface area (TPSA) is 76.8 Å². The van der Waals surface area contributed by atoms with Crippen molar-refractivity contribution in [3.05, 3.63) is 11.4 Å². The number of likely N-dealkylation sites (tertiary alicyclic amines) is 1. The van der Waals surface area contributed by atoms with Crippen LogP contribution in [0.1, 0.15) is 12.8 Å². The molecule has 62 valence electrons. The van der Waals surface area contributed by atoms with E-state index in [9.17, 15) is 0 Å². The Morgan fingerprint density at radius 3 is 2.08 bits per heavy atom. The Hall–Kier alpha value is -1.68. The number of allylic oxidation sites excluding steroid dienone is 1. The molecule has 1 heterocycles. The van der Waals surface area contributed by atoms with Crippen LogP contribution in [0.5, 0.6) is 0 Å². The molecule has 0 radical (unpaired) electrons. The van der Waals surface area contributed by atoms with Gasteiger partial charge in [-0.05, 0) is 12.8 Å². The van der Waals surface area contributed by atoms with Gasteiger partial charge in [0.2, 0.25) is 0 Å². The molecule has 4 nitrogen and oxygen atoms in total. The minimum absolute atomic E-state index is 0.0249. The number of nitriles is 2. The van der Waals surface area contributed by atoms with Crippen molar-refractivity contribution in [3.63, 3.8) is 0 Å². The molecule has 1 saturated heterocycles. The maximum Gasteiger partial charge on any atom is 0.169 e. The molecule has 0 aromatic heterocycles. The maximum atomic E-state index is 8.52. The Balaban J connectivity index is 2.81. The summed E-state index contributed by atoms with van der Waals surface area (Å²) in [5, 5.41) is 17.0. The third-order valence-corrected chi connectivity index (χ3v) is 1.93. The molecule has 2 N–H and O–H groups in total. The number of nitrogens with two attached hydrogens (primary N) is 1. The summed E-state index contributed by atoms with van der Waals surface area (Å²) in [7, 11) is 0. The van der Waals surface area contributed by atoms with Gasteiger partial charge >= 0.3 is 0 Å². The standard InChI is InChI=1S/C8H10N4/c9-5-7(6-10)8(11)12-3-1-2-4-12/h1-4,11H2. The quantitative estimate of drug-likeness (QED) is 0.562. The van der Waals surface area contributed by atoms with Crippen LogP contribution in [-0.2, 0) is 0 Å². The van der Waals surface area contributed by atoms with Gasteiger partial charge < -0.3 is 10.6 Å². The summed E-state index contributed by atoms with van der Waals surface area (Å²) in [6.07, 6.45) is 2.18. The molecule has 0 aromatic carbocycles. The SMILES string of the molecule is N#CC(C#N)=C(N)N1CCCC1. The Kier molecular flexibility index (Phi) is 2.55. The lowest BCUT2D eigenvalue weighted by molar-refractivity contribution is 0.419. The van der Waals surface area contributed by atoms with E-state index in [0.29, 0.717) is 5.82 Å². The van der Waals surface area contributed by atoms with Crippen molar-refractivity contribution in [2.24, 2.45) is 5.73 Å². The van der Waals surface area contributed by atoms with E-state index in [1.807, 2.05) is 4.90 Å². The Labute approximate surface area is 71.5 Å². The van der Waals surface area contributed by atoms with Crippen LogP contribution in [0.3, 0.4) is 0 Å². The fourth-order valence-electron chi connectivity index (χ4n) is 1.26. The van der Waals surface area contributed by atoms with Gasteiger partial charge in [-0.2, -0.15) is 10.5 Å². The van der Waals surface area contributed by atoms with Crippen molar-refractivity contribution in [3.8, 4) is 12.1 Å². The van der Waals surface area contributed by atoms with Crippen LogP contribution in [0.4, 0.5) is 0 Å². The van der Waals surface area contributed by atoms with Crippen LogP contribution >= 0.6 is 0 Å². The lowest BCUT2D eigenvalue weighted by atomic mass is 10.3. The van der Waals surface area contributed by atoms with Gasteiger partial charge in [-0.3, -0.25) is 0 Å². The average molecular weight is 162 g/mol. The highest BCUT2D eigenvalue weighted by atomic mass is 15.2. The first kappa shape index (κ1) is 8.42. The molecule has 4 heteroatoms. The molecule has 12 heavy (non-hydrogen) atoms. The van der Waals surface area contributed by atoms with Crippen molar-refractivity contribution >= 4 is 0 Å². The predicted molar refractivity (Wildman–Crippen MR) is 43.2 cm³/mol. The summed E-state index contributed by atoms with van der Waals surface area (Å²) in [4.78, 5) is 1.88. The summed E-state index contributed by atoms with van der Waals surface area (Å²) in [6.45, 7) is 1.72. The first-order valence-corrected chi connectivity index (χ1v) is 3.84. The van der Waals surface area contributed by atoms with Gasteiger partial charge in [-0.1, -0.05) is 0 Å². The highest BCUT2D eigenvalue weighted by Crippen LogP contribution is 2.13. The number of hydrogen-bond donors (Lipinski definition) is 1. The number of nitrogens with zero attached hydrogens (tertiary/aromatic N) is 3. The minimum atomic E-state index is 0.0249. The molecular formula is C8H10N4. The van der Waals surface area contributed by atoms with Gasteiger partial charge in [0, 0.05) is 13.1 Å². The van der Waals surface area contributed by atoms with Gasteiger partial charge in [-0.25, -0.2) is 0 Å². The van der Waals surface area contributed by atoms with Crippen LogP contribution < -0.4 is 5.73 Å². The predicted octanol–water partition coefficient (Wildman–Crippen LogP) is 0.300. The molecule has 0 amide bonds. The smallest absolute Gasteiger partial charge is 0.169 e. The van der Waals surface area contributed by atoms with E-state index in [0.717, 1.165) is 25.9 Å². The Bertz CT molecular complexity index is 256. The molecule has 0 saturated carbocycles. The molecule has 0 aromatic rings. The molecule has 0 unspecified atom stereocenters. The zero-order valence-electron chi connectivity index (χ0n) is 6.75. The lowest BCUT2D eigenvalue weighted by Gasteiger charge is -2.16. The minimum Gasteiger partial charge on any atom is -0.384 e. The van der Waals surface area contributed by atoms with Crippen molar-refractivity contribution in [1.82, 2.24) is 4.90 Å². The van der Waals surface area contributed by atoms with Gasteiger partial charge in [0.1, 0.15) is 18.0 Å². The Morgan fingerprint density at radius 2 is 1.67 bits per heavy atom. The van der Waals surface area contributed by atoms with Crippen molar-refractivity contribution in [1.29, 1.82) is 10.5 Å². The third-order valence-electron chi connectivity index (χ3n) is 1.93. The van der Waals surface area contributed by atoms with E-state index in [1.165, 1.54) is 0 Å².